The topological polar surface area (TPSA) is 41.5 Å². The largest absolute Gasteiger partial charge is 0.373 e. The zero-order valence-corrected chi connectivity index (χ0v) is 13.7. The van der Waals surface area contributed by atoms with E-state index < -0.39 is 0 Å². The van der Waals surface area contributed by atoms with Crippen molar-refractivity contribution in [1.82, 2.24) is 15.1 Å². The Labute approximate surface area is 132 Å². The molecule has 1 saturated carbocycles. The molecule has 1 aromatic heterocycles. The summed E-state index contributed by atoms with van der Waals surface area (Å²) < 4.78 is 6.29. The summed E-state index contributed by atoms with van der Waals surface area (Å²) in [6.07, 6.45) is 6.17. The molecular weight excluding hydrogens is 276 g/mol. The van der Waals surface area contributed by atoms with Gasteiger partial charge in [-0.2, -0.15) is 5.10 Å². The van der Waals surface area contributed by atoms with Crippen LogP contribution >= 0.6 is 0 Å². The van der Waals surface area contributed by atoms with Crippen molar-refractivity contribution in [3.05, 3.63) is 17.8 Å². The fraction of sp³-hybridized carbons (Fsp3) is 0.765. The molecule has 22 heavy (non-hydrogen) atoms. The predicted octanol–water partition coefficient (Wildman–Crippen LogP) is 2.01. The maximum Gasteiger partial charge on any atom is 0.151 e. The van der Waals surface area contributed by atoms with Gasteiger partial charge in [0.1, 0.15) is 0 Å². The predicted molar refractivity (Wildman–Crippen MR) is 86.1 cm³/mol. The average Bonchev–Trinajstić information content (AvgIpc) is 3.31. The summed E-state index contributed by atoms with van der Waals surface area (Å²) in [6, 6.07) is 5.57. The van der Waals surface area contributed by atoms with Crippen LogP contribution in [0.1, 0.15) is 37.8 Å². The van der Waals surface area contributed by atoms with Gasteiger partial charge in [-0.25, -0.2) is 0 Å². The number of anilines is 1. The zero-order valence-electron chi connectivity index (χ0n) is 13.7. The van der Waals surface area contributed by atoms with Gasteiger partial charge in [0, 0.05) is 25.2 Å². The second-order valence-corrected chi connectivity index (χ2v) is 7.27. The fourth-order valence-corrected chi connectivity index (χ4v) is 3.91. The summed E-state index contributed by atoms with van der Waals surface area (Å²) in [5.41, 5.74) is 1.09. The van der Waals surface area contributed by atoms with Crippen LogP contribution in [0.15, 0.2) is 12.1 Å². The van der Waals surface area contributed by atoms with Gasteiger partial charge in [0.25, 0.3) is 0 Å². The smallest absolute Gasteiger partial charge is 0.151 e. The first-order chi connectivity index (χ1) is 10.7. The van der Waals surface area contributed by atoms with E-state index in [2.05, 4.69) is 33.1 Å². The molecule has 0 aromatic carbocycles. The second kappa shape index (κ2) is 5.46. The normalized spacial score (nSPS) is 27.8. The molecular formula is C17H26N4O. The molecule has 3 heterocycles. The summed E-state index contributed by atoms with van der Waals surface area (Å²) >= 11 is 0. The molecule has 0 amide bonds. The SMILES string of the molecule is Cc1ccc(N2CCC3(CC2)CC(N(C)C2CC2)CO3)nn1. The van der Waals surface area contributed by atoms with E-state index in [4.69, 9.17) is 4.74 Å². The zero-order chi connectivity index (χ0) is 15.2. The molecule has 5 nitrogen and oxygen atoms in total. The Morgan fingerprint density at radius 2 is 1.95 bits per heavy atom. The van der Waals surface area contributed by atoms with E-state index in [1.165, 1.54) is 19.3 Å². The molecule has 2 aliphatic heterocycles. The standard InChI is InChI=1S/C17H26N4O/c1-13-3-6-16(19-18-13)21-9-7-17(8-10-21)11-15(12-22-17)20(2)14-4-5-14/h3,6,14-15H,4-5,7-12H2,1-2H3. The third-order valence-electron chi connectivity index (χ3n) is 5.67. The van der Waals surface area contributed by atoms with Crippen LogP contribution in [0.2, 0.25) is 0 Å². The van der Waals surface area contributed by atoms with Crippen molar-refractivity contribution < 1.29 is 4.74 Å². The minimum Gasteiger partial charge on any atom is -0.373 e. The van der Waals surface area contributed by atoms with Crippen LogP contribution in [0.3, 0.4) is 0 Å². The molecule has 2 saturated heterocycles. The van der Waals surface area contributed by atoms with E-state index in [-0.39, 0.29) is 5.60 Å². The molecule has 3 fully saturated rings. The summed E-state index contributed by atoms with van der Waals surface area (Å²) in [4.78, 5) is 4.91. The van der Waals surface area contributed by atoms with E-state index >= 15 is 0 Å². The number of aryl methyl sites for hydroxylation is 1. The summed E-state index contributed by atoms with van der Waals surface area (Å²) in [5.74, 6) is 1.00. The Hall–Kier alpha value is -1.20. The van der Waals surface area contributed by atoms with Crippen LogP contribution in [-0.2, 0) is 4.74 Å². The molecule has 1 aliphatic carbocycles. The van der Waals surface area contributed by atoms with Crippen molar-refractivity contribution in [3.8, 4) is 0 Å². The monoisotopic (exact) mass is 302 g/mol. The number of hydrogen-bond donors (Lipinski definition) is 0. The Morgan fingerprint density at radius 1 is 1.18 bits per heavy atom. The molecule has 3 aliphatic rings. The lowest BCUT2D eigenvalue weighted by Crippen LogP contribution is -2.45. The fourth-order valence-electron chi connectivity index (χ4n) is 3.91. The highest BCUT2D eigenvalue weighted by Gasteiger charge is 2.45. The third-order valence-corrected chi connectivity index (χ3v) is 5.67. The van der Waals surface area contributed by atoms with Gasteiger partial charge in [-0.15, -0.1) is 5.10 Å². The first kappa shape index (κ1) is 14.4. The molecule has 0 N–H and O–H groups in total. The van der Waals surface area contributed by atoms with Crippen LogP contribution in [0, 0.1) is 6.92 Å². The third kappa shape index (κ3) is 2.72. The number of piperidine rings is 1. The molecule has 120 valence electrons. The minimum absolute atomic E-state index is 0.114. The van der Waals surface area contributed by atoms with Crippen molar-refractivity contribution >= 4 is 5.82 Å². The summed E-state index contributed by atoms with van der Waals surface area (Å²) in [5, 5.41) is 8.49. The van der Waals surface area contributed by atoms with Crippen molar-refractivity contribution in [3.63, 3.8) is 0 Å². The van der Waals surface area contributed by atoms with Crippen molar-refractivity contribution in [1.29, 1.82) is 0 Å². The quantitative estimate of drug-likeness (QED) is 0.854. The van der Waals surface area contributed by atoms with Gasteiger partial charge in [0.2, 0.25) is 0 Å². The molecule has 0 radical (unpaired) electrons. The van der Waals surface area contributed by atoms with Crippen LogP contribution < -0.4 is 4.90 Å². The van der Waals surface area contributed by atoms with Gasteiger partial charge in [-0.3, -0.25) is 4.90 Å². The number of ether oxygens (including phenoxy) is 1. The number of likely N-dealkylation sites (N-methyl/N-ethyl adjacent to an activating group) is 1. The van der Waals surface area contributed by atoms with E-state index in [1.807, 2.05) is 13.0 Å². The Kier molecular flexibility index (Phi) is 3.57. The molecule has 4 rings (SSSR count). The van der Waals surface area contributed by atoms with Crippen molar-refractivity contribution in [2.24, 2.45) is 0 Å². The second-order valence-electron chi connectivity index (χ2n) is 7.27. The van der Waals surface area contributed by atoms with Gasteiger partial charge in [0.15, 0.2) is 5.82 Å². The lowest BCUT2D eigenvalue weighted by Gasteiger charge is -2.39. The highest BCUT2D eigenvalue weighted by Crippen LogP contribution is 2.40. The lowest BCUT2D eigenvalue weighted by atomic mass is 9.87. The molecule has 0 bridgehead atoms. The van der Waals surface area contributed by atoms with Gasteiger partial charge < -0.3 is 9.64 Å². The first-order valence-electron chi connectivity index (χ1n) is 8.56. The van der Waals surface area contributed by atoms with Crippen LogP contribution in [0.4, 0.5) is 5.82 Å². The molecule has 1 unspecified atom stereocenters. The van der Waals surface area contributed by atoms with Crippen LogP contribution in [0.5, 0.6) is 0 Å². The highest BCUT2D eigenvalue weighted by atomic mass is 16.5. The molecule has 1 aromatic rings. The van der Waals surface area contributed by atoms with Crippen molar-refractivity contribution in [2.45, 2.75) is 56.7 Å². The van der Waals surface area contributed by atoms with Gasteiger partial charge in [-0.1, -0.05) is 0 Å². The maximum atomic E-state index is 6.29. The van der Waals surface area contributed by atoms with Crippen molar-refractivity contribution in [2.75, 3.05) is 31.6 Å². The van der Waals surface area contributed by atoms with Gasteiger partial charge in [-0.05, 0) is 58.2 Å². The summed E-state index contributed by atoms with van der Waals surface area (Å²) in [7, 11) is 2.28. The van der Waals surface area contributed by atoms with Gasteiger partial charge >= 0.3 is 0 Å². The van der Waals surface area contributed by atoms with Gasteiger partial charge in [0.05, 0.1) is 17.9 Å². The van der Waals surface area contributed by atoms with E-state index in [0.29, 0.717) is 6.04 Å². The van der Waals surface area contributed by atoms with E-state index in [0.717, 1.165) is 50.1 Å². The Balaban J connectivity index is 1.36. The van der Waals surface area contributed by atoms with Crippen LogP contribution in [0.25, 0.3) is 0 Å². The molecule has 1 atom stereocenters. The molecule has 5 heteroatoms. The average molecular weight is 302 g/mol. The Morgan fingerprint density at radius 3 is 2.59 bits per heavy atom. The molecule has 1 spiro atoms. The lowest BCUT2D eigenvalue weighted by molar-refractivity contribution is -0.0158. The first-order valence-corrected chi connectivity index (χ1v) is 8.56. The number of rotatable bonds is 3. The number of nitrogens with zero attached hydrogens (tertiary/aromatic N) is 4. The summed E-state index contributed by atoms with van der Waals surface area (Å²) in [6.45, 7) is 4.94. The number of hydrogen-bond acceptors (Lipinski definition) is 5. The van der Waals surface area contributed by atoms with E-state index in [1.54, 1.807) is 0 Å². The Bertz CT molecular complexity index is 520. The highest BCUT2D eigenvalue weighted by molar-refractivity contribution is 5.38. The van der Waals surface area contributed by atoms with Crippen LogP contribution in [-0.4, -0.2) is 59.5 Å². The maximum absolute atomic E-state index is 6.29. The minimum atomic E-state index is 0.114. The van der Waals surface area contributed by atoms with E-state index in [9.17, 15) is 0 Å². The number of aromatic nitrogens is 2.